The Balaban J connectivity index is 4.52. The van der Waals surface area contributed by atoms with Crippen LogP contribution < -0.4 is 5.32 Å². The third-order valence-corrected chi connectivity index (χ3v) is 14.2. The zero-order valence-corrected chi connectivity index (χ0v) is 46.5. The number of rotatable bonds is 56. The topological polar surface area (TPSA) is 95.9 Å². The molecule has 6 nitrogen and oxygen atoms in total. The van der Waals surface area contributed by atoms with Gasteiger partial charge in [0, 0.05) is 6.42 Å². The third kappa shape index (κ3) is 52.2. The molecule has 0 radical (unpaired) electrons. The second-order valence-electron chi connectivity index (χ2n) is 21.1. The summed E-state index contributed by atoms with van der Waals surface area (Å²) in [4.78, 5) is 26.3. The van der Waals surface area contributed by atoms with E-state index < -0.39 is 18.2 Å². The average Bonchev–Trinajstić information content (AvgIpc) is 3.34. The number of unbranched alkanes of at least 4 members (excludes halogenated alkanes) is 38. The van der Waals surface area contributed by atoms with Gasteiger partial charge in [0.15, 0.2) is 0 Å². The molecule has 0 fully saturated rings. The summed E-state index contributed by atoms with van der Waals surface area (Å²) in [5.41, 5.74) is 0. The molecule has 0 spiro atoms. The number of hydrogen-bond acceptors (Lipinski definition) is 5. The number of allylic oxidation sites excluding steroid dienone is 6. The summed E-state index contributed by atoms with van der Waals surface area (Å²) >= 11 is 0. The van der Waals surface area contributed by atoms with Crippen molar-refractivity contribution >= 4 is 11.9 Å². The van der Waals surface area contributed by atoms with Crippen LogP contribution in [0.4, 0.5) is 0 Å². The van der Waals surface area contributed by atoms with Crippen molar-refractivity contribution < 1.29 is 24.5 Å². The Kier molecular flexibility index (Phi) is 55.4. The molecule has 0 aliphatic carbocycles. The highest BCUT2D eigenvalue weighted by molar-refractivity contribution is 5.77. The first kappa shape index (κ1) is 67.1. The molecular weight excluding hydrogens is 851 g/mol. The van der Waals surface area contributed by atoms with Gasteiger partial charge in [0.05, 0.1) is 25.2 Å². The first-order valence-corrected chi connectivity index (χ1v) is 30.7. The second kappa shape index (κ2) is 57.0. The number of amides is 1. The molecule has 69 heavy (non-hydrogen) atoms. The zero-order chi connectivity index (χ0) is 50.2. The summed E-state index contributed by atoms with van der Waals surface area (Å²) in [6.07, 6.45) is 69.3. The quantitative estimate of drug-likeness (QED) is 0.0321. The molecule has 0 bridgehead atoms. The van der Waals surface area contributed by atoms with E-state index in [1.165, 1.54) is 218 Å². The summed E-state index contributed by atoms with van der Waals surface area (Å²) in [7, 11) is 0. The van der Waals surface area contributed by atoms with Crippen LogP contribution in [0.5, 0.6) is 0 Å². The van der Waals surface area contributed by atoms with Crippen molar-refractivity contribution in [2.24, 2.45) is 0 Å². The number of esters is 1. The highest BCUT2D eigenvalue weighted by Gasteiger charge is 2.24. The Morgan fingerprint density at radius 1 is 0.420 bits per heavy atom. The fourth-order valence-corrected chi connectivity index (χ4v) is 9.52. The van der Waals surface area contributed by atoms with Crippen LogP contribution in [-0.4, -0.2) is 46.9 Å². The number of carbonyl (C=O) groups is 2. The Hall–Kier alpha value is -1.92. The van der Waals surface area contributed by atoms with Gasteiger partial charge in [-0.3, -0.25) is 9.59 Å². The zero-order valence-electron chi connectivity index (χ0n) is 46.5. The van der Waals surface area contributed by atoms with Crippen LogP contribution >= 0.6 is 0 Å². The van der Waals surface area contributed by atoms with Crippen molar-refractivity contribution in [1.29, 1.82) is 0 Å². The standard InChI is InChI=1S/C63H119NO5/c1-4-7-10-13-16-19-22-25-28-30-31-32-35-38-41-44-47-50-53-56-63(68)69-59(54-51-48-45-42-39-36-33-27-24-21-18-15-12-9-6-3)57-62(67)64-60(58-65)61(66)55-52-49-46-43-40-37-34-29-26-23-20-17-14-11-8-5-2/h18,21,25,27-28,33,59-61,65-66H,4-17,19-20,22-24,26,29-32,34-58H2,1-3H3,(H,64,67)/b21-18-,28-25+,33-27-. The van der Waals surface area contributed by atoms with Gasteiger partial charge in [0.2, 0.25) is 5.91 Å². The summed E-state index contributed by atoms with van der Waals surface area (Å²) in [6, 6.07) is -0.706. The maximum Gasteiger partial charge on any atom is 0.306 e. The molecule has 0 saturated carbocycles. The van der Waals surface area contributed by atoms with Gasteiger partial charge in [-0.05, 0) is 83.5 Å². The monoisotopic (exact) mass is 970 g/mol. The highest BCUT2D eigenvalue weighted by atomic mass is 16.5. The maximum absolute atomic E-state index is 13.3. The van der Waals surface area contributed by atoms with Crippen molar-refractivity contribution in [1.82, 2.24) is 5.32 Å². The molecule has 0 aliphatic rings. The minimum atomic E-state index is -0.791. The van der Waals surface area contributed by atoms with E-state index in [0.717, 1.165) is 64.2 Å². The molecule has 3 N–H and O–H groups in total. The lowest BCUT2D eigenvalue weighted by molar-refractivity contribution is -0.151. The van der Waals surface area contributed by atoms with Crippen molar-refractivity contribution in [2.75, 3.05) is 6.61 Å². The Bertz CT molecular complexity index is 1130. The molecule has 0 rings (SSSR count). The molecule has 0 aromatic carbocycles. The van der Waals surface area contributed by atoms with Gasteiger partial charge in [-0.1, -0.05) is 269 Å². The molecule has 0 heterocycles. The van der Waals surface area contributed by atoms with Gasteiger partial charge in [-0.2, -0.15) is 0 Å². The van der Waals surface area contributed by atoms with Gasteiger partial charge in [-0.15, -0.1) is 0 Å². The molecule has 0 aromatic heterocycles. The molecule has 406 valence electrons. The molecular formula is C63H119NO5. The van der Waals surface area contributed by atoms with Gasteiger partial charge in [-0.25, -0.2) is 0 Å². The Morgan fingerprint density at radius 2 is 0.739 bits per heavy atom. The van der Waals surface area contributed by atoms with E-state index in [2.05, 4.69) is 62.5 Å². The van der Waals surface area contributed by atoms with Crippen molar-refractivity contribution in [3.8, 4) is 0 Å². The second-order valence-corrected chi connectivity index (χ2v) is 21.1. The molecule has 1 amide bonds. The van der Waals surface area contributed by atoms with Crippen LogP contribution in [0.25, 0.3) is 0 Å². The number of hydrogen-bond donors (Lipinski definition) is 3. The molecule has 0 aliphatic heterocycles. The number of aliphatic hydroxyl groups is 2. The van der Waals surface area contributed by atoms with Crippen molar-refractivity contribution in [3.63, 3.8) is 0 Å². The predicted octanol–water partition coefficient (Wildman–Crippen LogP) is 19.2. The van der Waals surface area contributed by atoms with E-state index in [4.69, 9.17) is 4.74 Å². The van der Waals surface area contributed by atoms with Gasteiger partial charge >= 0.3 is 5.97 Å². The number of nitrogens with one attached hydrogen (secondary N) is 1. The molecule has 6 heteroatoms. The number of ether oxygens (including phenoxy) is 1. The SMILES string of the molecule is CCCCC/C=C\C/C=C\CCCCCCCC(CC(=O)NC(CO)C(O)CCCCCCCCCCCCCCCCCC)OC(=O)CCCCCCCCCCC/C=C/CCCCCCCC. The van der Waals surface area contributed by atoms with Crippen molar-refractivity contribution in [2.45, 2.75) is 347 Å². The van der Waals surface area contributed by atoms with Gasteiger partial charge < -0.3 is 20.3 Å². The van der Waals surface area contributed by atoms with E-state index >= 15 is 0 Å². The number of carbonyl (C=O) groups excluding carboxylic acids is 2. The van der Waals surface area contributed by atoms with Crippen LogP contribution in [0.15, 0.2) is 36.5 Å². The van der Waals surface area contributed by atoms with Gasteiger partial charge in [0.25, 0.3) is 0 Å². The van der Waals surface area contributed by atoms with Crippen LogP contribution in [-0.2, 0) is 14.3 Å². The fourth-order valence-electron chi connectivity index (χ4n) is 9.52. The lowest BCUT2D eigenvalue weighted by atomic mass is 10.0. The minimum Gasteiger partial charge on any atom is -0.462 e. The first-order chi connectivity index (χ1) is 34.0. The molecule has 3 atom stereocenters. The largest absolute Gasteiger partial charge is 0.462 e. The number of aliphatic hydroxyl groups excluding tert-OH is 2. The maximum atomic E-state index is 13.3. The van der Waals surface area contributed by atoms with Crippen LogP contribution in [0, 0.1) is 0 Å². The van der Waals surface area contributed by atoms with E-state index in [0.29, 0.717) is 19.3 Å². The van der Waals surface area contributed by atoms with E-state index in [9.17, 15) is 19.8 Å². The van der Waals surface area contributed by atoms with Gasteiger partial charge in [0.1, 0.15) is 6.10 Å². The summed E-state index contributed by atoms with van der Waals surface area (Å²) in [5.74, 6) is -0.473. The molecule has 3 unspecified atom stereocenters. The van der Waals surface area contributed by atoms with Crippen LogP contribution in [0.1, 0.15) is 329 Å². The van der Waals surface area contributed by atoms with Crippen molar-refractivity contribution in [3.05, 3.63) is 36.5 Å². The van der Waals surface area contributed by atoms with Crippen LogP contribution in [0.3, 0.4) is 0 Å². The smallest absolute Gasteiger partial charge is 0.306 e. The predicted molar refractivity (Wildman–Crippen MR) is 301 cm³/mol. The first-order valence-electron chi connectivity index (χ1n) is 30.7. The molecule has 0 saturated heterocycles. The Morgan fingerprint density at radius 3 is 1.14 bits per heavy atom. The lowest BCUT2D eigenvalue weighted by Gasteiger charge is -2.24. The normalized spacial score (nSPS) is 13.3. The summed E-state index contributed by atoms with van der Waals surface area (Å²) in [5, 5.41) is 23.9. The molecule has 0 aromatic rings. The van der Waals surface area contributed by atoms with E-state index in [-0.39, 0.29) is 24.9 Å². The fraction of sp³-hybridized carbons (Fsp3) is 0.873. The van der Waals surface area contributed by atoms with E-state index in [1.807, 2.05) is 0 Å². The summed E-state index contributed by atoms with van der Waals surface area (Å²) < 4.78 is 5.97. The lowest BCUT2D eigenvalue weighted by Crippen LogP contribution is -2.46. The highest BCUT2D eigenvalue weighted by Crippen LogP contribution is 2.19. The third-order valence-electron chi connectivity index (χ3n) is 14.2. The minimum absolute atomic E-state index is 0.0708. The Labute approximate surface area is 430 Å². The van der Waals surface area contributed by atoms with Crippen LogP contribution in [0.2, 0.25) is 0 Å². The van der Waals surface area contributed by atoms with E-state index in [1.54, 1.807) is 0 Å². The summed E-state index contributed by atoms with van der Waals surface area (Å²) in [6.45, 7) is 6.49. The average molecular weight is 971 g/mol.